The zero-order valence-corrected chi connectivity index (χ0v) is 11.1. The highest BCUT2D eigenvalue weighted by molar-refractivity contribution is 5.36. The topological polar surface area (TPSA) is 46.0 Å². The Labute approximate surface area is 103 Å². The summed E-state index contributed by atoms with van der Waals surface area (Å²) in [5, 5.41) is 11.5. The maximum Gasteiger partial charge on any atom is 0.147 e. The number of hydrogen-bond donors (Lipinski definition) is 1. The Morgan fingerprint density at radius 3 is 3.12 bits per heavy atom. The van der Waals surface area contributed by atoms with Crippen molar-refractivity contribution in [3.63, 3.8) is 0 Å². The summed E-state index contributed by atoms with van der Waals surface area (Å²) < 4.78 is 1.98. The molecule has 2 atom stereocenters. The van der Waals surface area contributed by atoms with Crippen LogP contribution >= 0.6 is 0 Å². The lowest BCUT2D eigenvalue weighted by Crippen LogP contribution is -2.44. The summed E-state index contributed by atoms with van der Waals surface area (Å²) in [7, 11) is 2.04. The quantitative estimate of drug-likeness (QED) is 0.852. The predicted octanol–water partition coefficient (Wildman–Crippen LogP) is 1.12. The number of anilines is 1. The highest BCUT2D eigenvalue weighted by atomic mass is 15.5. The van der Waals surface area contributed by atoms with Crippen LogP contribution in [0.2, 0.25) is 0 Å². The van der Waals surface area contributed by atoms with Gasteiger partial charge in [0.05, 0.1) is 6.20 Å². The lowest BCUT2D eigenvalue weighted by atomic mass is 9.92. The minimum atomic E-state index is 0.573. The molecule has 1 saturated heterocycles. The van der Waals surface area contributed by atoms with E-state index >= 15 is 0 Å². The maximum atomic E-state index is 4.11. The molecule has 1 aromatic heterocycles. The third-order valence-corrected chi connectivity index (χ3v) is 3.84. The Morgan fingerprint density at radius 1 is 1.59 bits per heavy atom. The second-order valence-corrected chi connectivity index (χ2v) is 4.83. The molecule has 2 heterocycles. The fourth-order valence-electron chi connectivity index (χ4n) is 2.58. The predicted molar refractivity (Wildman–Crippen MR) is 69.2 cm³/mol. The van der Waals surface area contributed by atoms with Gasteiger partial charge in [-0.05, 0) is 39.7 Å². The standard InChI is InChI=1S/C12H23N5/c1-4-17-12(8-14-15-17)16-7-5-6-11(9-16)10(2)13-3/h8,10-11,13H,4-7,9H2,1-3H3. The van der Waals surface area contributed by atoms with Crippen LogP contribution in [-0.2, 0) is 6.54 Å². The highest BCUT2D eigenvalue weighted by Crippen LogP contribution is 2.24. The lowest BCUT2D eigenvalue weighted by molar-refractivity contribution is 0.330. The van der Waals surface area contributed by atoms with E-state index < -0.39 is 0 Å². The Hall–Kier alpha value is -1.10. The number of hydrogen-bond acceptors (Lipinski definition) is 4. The molecule has 5 nitrogen and oxygen atoms in total. The fraction of sp³-hybridized carbons (Fsp3) is 0.833. The van der Waals surface area contributed by atoms with Gasteiger partial charge in [0.2, 0.25) is 0 Å². The maximum absolute atomic E-state index is 4.11. The Kier molecular flexibility index (Phi) is 3.99. The highest BCUT2D eigenvalue weighted by Gasteiger charge is 2.25. The smallest absolute Gasteiger partial charge is 0.147 e. The summed E-state index contributed by atoms with van der Waals surface area (Å²) in [4.78, 5) is 2.42. The van der Waals surface area contributed by atoms with Crippen molar-refractivity contribution in [1.82, 2.24) is 20.3 Å². The van der Waals surface area contributed by atoms with E-state index in [1.54, 1.807) is 0 Å². The van der Waals surface area contributed by atoms with Crippen molar-refractivity contribution in [3.05, 3.63) is 6.20 Å². The fourth-order valence-corrected chi connectivity index (χ4v) is 2.58. The molecule has 0 radical (unpaired) electrons. The molecule has 5 heteroatoms. The van der Waals surface area contributed by atoms with E-state index in [4.69, 9.17) is 0 Å². The van der Waals surface area contributed by atoms with E-state index in [1.807, 2.05) is 17.9 Å². The van der Waals surface area contributed by atoms with E-state index in [0.717, 1.165) is 19.6 Å². The Bertz CT molecular complexity index is 348. The van der Waals surface area contributed by atoms with Crippen molar-refractivity contribution in [3.8, 4) is 0 Å². The number of nitrogens with one attached hydrogen (secondary N) is 1. The number of aryl methyl sites for hydroxylation is 1. The van der Waals surface area contributed by atoms with Crippen LogP contribution in [0.25, 0.3) is 0 Å². The van der Waals surface area contributed by atoms with Gasteiger partial charge in [0.25, 0.3) is 0 Å². The van der Waals surface area contributed by atoms with E-state index in [1.165, 1.54) is 18.7 Å². The van der Waals surface area contributed by atoms with Crippen LogP contribution in [0.5, 0.6) is 0 Å². The number of piperidine rings is 1. The molecule has 1 aliphatic heterocycles. The molecule has 0 spiro atoms. The van der Waals surface area contributed by atoms with Crippen molar-refractivity contribution in [2.45, 2.75) is 39.3 Å². The van der Waals surface area contributed by atoms with Gasteiger partial charge in [-0.3, -0.25) is 0 Å². The first-order valence-corrected chi connectivity index (χ1v) is 6.57. The molecule has 0 aromatic carbocycles. The number of rotatable bonds is 4. The van der Waals surface area contributed by atoms with Crippen LogP contribution < -0.4 is 10.2 Å². The van der Waals surface area contributed by atoms with Crippen LogP contribution in [0.15, 0.2) is 6.20 Å². The van der Waals surface area contributed by atoms with Crippen LogP contribution in [0.1, 0.15) is 26.7 Å². The van der Waals surface area contributed by atoms with Crippen LogP contribution in [0.4, 0.5) is 5.82 Å². The van der Waals surface area contributed by atoms with Gasteiger partial charge in [0, 0.05) is 25.7 Å². The van der Waals surface area contributed by atoms with Crippen LogP contribution in [-0.4, -0.2) is 41.2 Å². The van der Waals surface area contributed by atoms with Crippen molar-refractivity contribution in [1.29, 1.82) is 0 Å². The Balaban J connectivity index is 2.07. The molecular formula is C12H23N5. The minimum absolute atomic E-state index is 0.573. The summed E-state index contributed by atoms with van der Waals surface area (Å²) in [5.41, 5.74) is 0. The SMILES string of the molecule is CCn1nncc1N1CCCC(C(C)NC)C1. The molecule has 0 bridgehead atoms. The molecule has 96 valence electrons. The average molecular weight is 237 g/mol. The molecule has 1 aliphatic rings. The van der Waals surface area contributed by atoms with E-state index in [-0.39, 0.29) is 0 Å². The van der Waals surface area contributed by atoms with Gasteiger partial charge >= 0.3 is 0 Å². The van der Waals surface area contributed by atoms with Gasteiger partial charge in [-0.15, -0.1) is 5.10 Å². The number of aromatic nitrogens is 3. The normalized spacial score (nSPS) is 22.8. The molecule has 0 aliphatic carbocycles. The second-order valence-electron chi connectivity index (χ2n) is 4.83. The molecule has 0 amide bonds. The first-order chi connectivity index (χ1) is 8.26. The first-order valence-electron chi connectivity index (χ1n) is 6.57. The van der Waals surface area contributed by atoms with Crippen molar-refractivity contribution >= 4 is 5.82 Å². The summed E-state index contributed by atoms with van der Waals surface area (Å²) in [6, 6.07) is 0.573. The van der Waals surface area contributed by atoms with Gasteiger partial charge < -0.3 is 10.2 Å². The summed E-state index contributed by atoms with van der Waals surface area (Å²) in [6.45, 7) is 7.49. The van der Waals surface area contributed by atoms with Gasteiger partial charge in [0.15, 0.2) is 0 Å². The van der Waals surface area contributed by atoms with Crippen LogP contribution in [0.3, 0.4) is 0 Å². The van der Waals surface area contributed by atoms with Gasteiger partial charge in [0.1, 0.15) is 5.82 Å². The molecule has 2 unspecified atom stereocenters. The average Bonchev–Trinajstić information content (AvgIpc) is 2.86. The summed E-state index contributed by atoms with van der Waals surface area (Å²) in [5.74, 6) is 1.88. The summed E-state index contributed by atoms with van der Waals surface area (Å²) >= 11 is 0. The lowest BCUT2D eigenvalue weighted by Gasteiger charge is -2.36. The van der Waals surface area contributed by atoms with Crippen molar-refractivity contribution in [2.75, 3.05) is 25.0 Å². The monoisotopic (exact) mass is 237 g/mol. The molecule has 17 heavy (non-hydrogen) atoms. The van der Waals surface area contributed by atoms with E-state index in [0.29, 0.717) is 12.0 Å². The van der Waals surface area contributed by atoms with E-state index in [2.05, 4.69) is 34.4 Å². The third kappa shape index (κ3) is 2.60. The van der Waals surface area contributed by atoms with Crippen molar-refractivity contribution < 1.29 is 0 Å². The first kappa shape index (κ1) is 12.4. The number of nitrogens with zero attached hydrogens (tertiary/aromatic N) is 4. The molecule has 2 rings (SSSR count). The largest absolute Gasteiger partial charge is 0.355 e. The molecular weight excluding hydrogens is 214 g/mol. The molecule has 1 fully saturated rings. The van der Waals surface area contributed by atoms with Crippen molar-refractivity contribution in [2.24, 2.45) is 5.92 Å². The second kappa shape index (κ2) is 5.49. The van der Waals surface area contributed by atoms with Gasteiger partial charge in [-0.1, -0.05) is 5.21 Å². The molecule has 1 N–H and O–H groups in total. The third-order valence-electron chi connectivity index (χ3n) is 3.84. The molecule has 0 saturated carbocycles. The minimum Gasteiger partial charge on any atom is -0.355 e. The van der Waals surface area contributed by atoms with Gasteiger partial charge in [-0.2, -0.15) is 0 Å². The molecule has 1 aromatic rings. The zero-order chi connectivity index (χ0) is 12.3. The Morgan fingerprint density at radius 2 is 2.41 bits per heavy atom. The van der Waals surface area contributed by atoms with Gasteiger partial charge in [-0.25, -0.2) is 4.68 Å². The zero-order valence-electron chi connectivity index (χ0n) is 11.1. The van der Waals surface area contributed by atoms with E-state index in [9.17, 15) is 0 Å². The summed E-state index contributed by atoms with van der Waals surface area (Å²) in [6.07, 6.45) is 4.45. The van der Waals surface area contributed by atoms with Crippen LogP contribution in [0, 0.1) is 5.92 Å².